The van der Waals surface area contributed by atoms with Gasteiger partial charge in [-0.25, -0.2) is 9.37 Å². The number of aromatic nitrogens is 3. The van der Waals surface area contributed by atoms with Crippen molar-refractivity contribution in [2.24, 2.45) is 5.92 Å². The summed E-state index contributed by atoms with van der Waals surface area (Å²) in [5, 5.41) is 8.10. The molecule has 0 spiro atoms. The molecule has 5 nitrogen and oxygen atoms in total. The predicted octanol–water partition coefficient (Wildman–Crippen LogP) is 4.28. The maximum Gasteiger partial charge on any atom is 0.272 e. The van der Waals surface area contributed by atoms with Crippen LogP contribution in [0.4, 0.5) is 4.39 Å². The molecule has 1 aliphatic heterocycles. The number of nitrogens with zero attached hydrogens (tertiary/aromatic N) is 2. The lowest BCUT2D eigenvalue weighted by Gasteiger charge is -2.31. The molecule has 1 amide bonds. The lowest BCUT2D eigenvalue weighted by Crippen LogP contribution is -2.39. The molecule has 28 heavy (non-hydrogen) atoms. The fraction of sp³-hybridized carbons (Fsp3) is 0.273. The number of hydrogen-bond acceptors (Lipinski definition) is 2. The van der Waals surface area contributed by atoms with Crippen LogP contribution in [0.2, 0.25) is 0 Å². The number of fused-ring (bicyclic) bond motifs is 3. The van der Waals surface area contributed by atoms with E-state index < -0.39 is 0 Å². The maximum atomic E-state index is 13.1. The van der Waals surface area contributed by atoms with Crippen molar-refractivity contribution in [3.05, 3.63) is 65.7 Å². The summed E-state index contributed by atoms with van der Waals surface area (Å²) in [6, 6.07) is 12.5. The zero-order chi connectivity index (χ0) is 19.1. The quantitative estimate of drug-likeness (QED) is 0.561. The molecular formula is C22H21FN4O. The normalized spacial score (nSPS) is 15.5. The number of amides is 1. The minimum atomic E-state index is -0.200. The number of benzene rings is 2. The first-order valence-corrected chi connectivity index (χ1v) is 9.66. The molecule has 0 saturated carbocycles. The van der Waals surface area contributed by atoms with Crippen LogP contribution in [0.3, 0.4) is 0 Å². The van der Waals surface area contributed by atoms with Gasteiger partial charge in [0, 0.05) is 30.1 Å². The van der Waals surface area contributed by atoms with Crippen LogP contribution in [0.5, 0.6) is 0 Å². The van der Waals surface area contributed by atoms with Crippen LogP contribution < -0.4 is 0 Å². The van der Waals surface area contributed by atoms with Gasteiger partial charge in [-0.2, -0.15) is 0 Å². The number of piperidine rings is 1. The van der Waals surface area contributed by atoms with Gasteiger partial charge in [-0.05, 0) is 61.1 Å². The molecule has 1 saturated heterocycles. The Bertz CT molecular complexity index is 1140. The van der Waals surface area contributed by atoms with Crippen molar-refractivity contribution < 1.29 is 9.18 Å². The number of carbonyl (C=O) groups excluding carboxylic acids is 1. The monoisotopic (exact) mass is 376 g/mol. The summed E-state index contributed by atoms with van der Waals surface area (Å²) >= 11 is 0. The van der Waals surface area contributed by atoms with Crippen LogP contribution in [-0.4, -0.2) is 39.1 Å². The molecule has 0 bridgehead atoms. The molecule has 1 fully saturated rings. The molecule has 142 valence electrons. The van der Waals surface area contributed by atoms with Crippen LogP contribution in [0, 0.1) is 11.7 Å². The first-order chi connectivity index (χ1) is 13.7. The molecule has 2 aromatic carbocycles. The Morgan fingerprint density at radius 3 is 2.68 bits per heavy atom. The molecule has 5 rings (SSSR count). The van der Waals surface area contributed by atoms with Crippen molar-refractivity contribution in [3.8, 4) is 0 Å². The fourth-order valence-corrected chi connectivity index (χ4v) is 4.19. The SMILES string of the molecule is O=C(c1cc2c(ccc3[nH][nH]cc32)n1)N1CCC(Cc2ccc(F)cc2)CC1. The maximum absolute atomic E-state index is 13.1. The van der Waals surface area contributed by atoms with Gasteiger partial charge in [0.05, 0.1) is 11.0 Å². The Labute approximate surface area is 161 Å². The van der Waals surface area contributed by atoms with Crippen molar-refractivity contribution in [2.45, 2.75) is 19.3 Å². The molecule has 3 heterocycles. The third kappa shape index (κ3) is 3.05. The average Bonchev–Trinajstić information content (AvgIpc) is 3.36. The van der Waals surface area contributed by atoms with Crippen molar-refractivity contribution in [1.82, 2.24) is 20.1 Å². The molecule has 0 radical (unpaired) electrons. The molecule has 2 aromatic heterocycles. The van der Waals surface area contributed by atoms with Crippen molar-refractivity contribution in [3.63, 3.8) is 0 Å². The Morgan fingerprint density at radius 1 is 1.11 bits per heavy atom. The van der Waals surface area contributed by atoms with E-state index in [9.17, 15) is 9.18 Å². The predicted molar refractivity (Wildman–Crippen MR) is 107 cm³/mol. The highest BCUT2D eigenvalue weighted by Crippen LogP contribution is 2.27. The van der Waals surface area contributed by atoms with Gasteiger partial charge in [-0.3, -0.25) is 4.79 Å². The number of H-pyrrole nitrogens is 2. The molecule has 6 heteroatoms. The molecule has 4 aromatic rings. The van der Waals surface area contributed by atoms with E-state index in [2.05, 4.69) is 15.2 Å². The van der Waals surface area contributed by atoms with Crippen LogP contribution >= 0.6 is 0 Å². The second kappa shape index (κ2) is 6.78. The second-order valence-electron chi connectivity index (χ2n) is 7.58. The third-order valence-electron chi connectivity index (χ3n) is 5.77. The lowest BCUT2D eigenvalue weighted by molar-refractivity contribution is 0.0685. The van der Waals surface area contributed by atoms with E-state index in [4.69, 9.17) is 0 Å². The molecule has 1 aliphatic rings. The van der Waals surface area contributed by atoms with Gasteiger partial charge in [-0.15, -0.1) is 0 Å². The van der Waals surface area contributed by atoms with E-state index in [1.54, 1.807) is 0 Å². The van der Waals surface area contributed by atoms with Crippen molar-refractivity contribution in [1.29, 1.82) is 0 Å². The summed E-state index contributed by atoms with van der Waals surface area (Å²) in [7, 11) is 0. The van der Waals surface area contributed by atoms with Crippen LogP contribution in [-0.2, 0) is 6.42 Å². The first kappa shape index (κ1) is 17.0. The lowest BCUT2D eigenvalue weighted by atomic mass is 9.90. The van der Waals surface area contributed by atoms with Crippen molar-refractivity contribution >= 4 is 27.7 Å². The van der Waals surface area contributed by atoms with E-state index in [0.29, 0.717) is 11.6 Å². The van der Waals surface area contributed by atoms with E-state index in [1.807, 2.05) is 41.4 Å². The highest BCUT2D eigenvalue weighted by Gasteiger charge is 2.25. The third-order valence-corrected chi connectivity index (χ3v) is 5.77. The number of nitrogens with one attached hydrogen (secondary N) is 2. The second-order valence-corrected chi connectivity index (χ2v) is 7.58. The van der Waals surface area contributed by atoms with Gasteiger partial charge >= 0.3 is 0 Å². The van der Waals surface area contributed by atoms with Gasteiger partial charge in [0.2, 0.25) is 0 Å². The number of likely N-dealkylation sites (tertiary alicyclic amines) is 1. The van der Waals surface area contributed by atoms with Crippen LogP contribution in [0.1, 0.15) is 28.9 Å². The molecular weight excluding hydrogens is 355 g/mol. The van der Waals surface area contributed by atoms with E-state index in [1.165, 1.54) is 12.1 Å². The van der Waals surface area contributed by atoms with Gasteiger partial charge in [0.15, 0.2) is 0 Å². The van der Waals surface area contributed by atoms with Gasteiger partial charge < -0.3 is 15.1 Å². The summed E-state index contributed by atoms with van der Waals surface area (Å²) in [4.78, 5) is 19.4. The van der Waals surface area contributed by atoms with Gasteiger partial charge in [0.25, 0.3) is 5.91 Å². The van der Waals surface area contributed by atoms with Gasteiger partial charge in [-0.1, -0.05) is 12.1 Å². The zero-order valence-corrected chi connectivity index (χ0v) is 15.4. The average molecular weight is 376 g/mol. The summed E-state index contributed by atoms with van der Waals surface area (Å²) in [6.45, 7) is 1.47. The Hall–Kier alpha value is -3.15. The Kier molecular flexibility index (Phi) is 4.11. The smallest absolute Gasteiger partial charge is 0.272 e. The molecule has 0 unspecified atom stereocenters. The number of carbonyl (C=O) groups is 1. The topological polar surface area (TPSA) is 64.8 Å². The Morgan fingerprint density at radius 2 is 1.89 bits per heavy atom. The van der Waals surface area contributed by atoms with Crippen molar-refractivity contribution in [2.75, 3.05) is 13.1 Å². The molecule has 2 N–H and O–H groups in total. The van der Waals surface area contributed by atoms with E-state index in [-0.39, 0.29) is 11.7 Å². The highest BCUT2D eigenvalue weighted by molar-refractivity contribution is 6.08. The number of aromatic amines is 2. The number of hydrogen-bond donors (Lipinski definition) is 2. The van der Waals surface area contributed by atoms with Crippen LogP contribution in [0.15, 0.2) is 48.7 Å². The minimum absolute atomic E-state index is 0.00379. The number of halogens is 1. The summed E-state index contributed by atoms with van der Waals surface area (Å²) in [5.74, 6) is 0.328. The highest BCUT2D eigenvalue weighted by atomic mass is 19.1. The minimum Gasteiger partial charge on any atom is -0.337 e. The summed E-state index contributed by atoms with van der Waals surface area (Å²) < 4.78 is 13.1. The summed E-state index contributed by atoms with van der Waals surface area (Å²) in [5.41, 5.74) is 3.51. The summed E-state index contributed by atoms with van der Waals surface area (Å²) in [6.07, 6.45) is 4.75. The van der Waals surface area contributed by atoms with E-state index in [0.717, 1.165) is 59.7 Å². The standard InChI is InChI=1S/C22H21FN4O/c23-16-3-1-14(2-4-16)11-15-7-9-27(10-8-15)22(28)21-12-17-18-13-24-26-20(18)6-5-19(17)25-21/h1-6,12-13,15,24,26H,7-11H2. The molecule has 0 aliphatic carbocycles. The largest absolute Gasteiger partial charge is 0.337 e. The number of rotatable bonds is 3. The Balaban J connectivity index is 1.28. The molecule has 0 atom stereocenters. The van der Waals surface area contributed by atoms with E-state index >= 15 is 0 Å². The zero-order valence-electron chi connectivity index (χ0n) is 15.4. The fourth-order valence-electron chi connectivity index (χ4n) is 4.19. The first-order valence-electron chi connectivity index (χ1n) is 9.66. The van der Waals surface area contributed by atoms with Gasteiger partial charge in [0.1, 0.15) is 11.5 Å². The van der Waals surface area contributed by atoms with Crippen LogP contribution in [0.25, 0.3) is 21.8 Å².